The van der Waals surface area contributed by atoms with Crippen molar-refractivity contribution in [1.82, 2.24) is 14.7 Å². The SMILES string of the molecule is CCc1nc2ccc(Cl)cn2c1C(=O)NCc1ccc(N2CCC(c3ccc(O)cc3)CC2)cc1. The molecule has 5 rings (SSSR count). The lowest BCUT2D eigenvalue weighted by atomic mass is 9.89. The minimum atomic E-state index is -0.156. The van der Waals surface area contributed by atoms with Crippen LogP contribution >= 0.6 is 11.6 Å². The predicted octanol–water partition coefficient (Wildman–Crippen LogP) is 5.57. The summed E-state index contributed by atoms with van der Waals surface area (Å²) in [5.41, 5.74) is 5.57. The van der Waals surface area contributed by atoms with E-state index in [1.54, 1.807) is 28.8 Å². The number of carbonyl (C=O) groups excluding carboxylic acids is 1. The number of benzene rings is 2. The van der Waals surface area contributed by atoms with Gasteiger partial charge in [0.15, 0.2) is 0 Å². The number of phenols is 1. The Bertz CT molecular complexity index is 1320. The van der Waals surface area contributed by atoms with Crippen LogP contribution in [0.3, 0.4) is 0 Å². The highest BCUT2D eigenvalue weighted by atomic mass is 35.5. The Hall–Kier alpha value is -3.51. The van der Waals surface area contributed by atoms with Crippen molar-refractivity contribution in [3.8, 4) is 5.75 Å². The highest BCUT2D eigenvalue weighted by molar-refractivity contribution is 6.30. The van der Waals surface area contributed by atoms with Crippen LogP contribution in [0.1, 0.15) is 53.0 Å². The molecule has 0 radical (unpaired) electrons. The van der Waals surface area contributed by atoms with E-state index in [9.17, 15) is 9.90 Å². The molecule has 2 aromatic carbocycles. The van der Waals surface area contributed by atoms with Crippen LogP contribution in [0.25, 0.3) is 5.65 Å². The number of hydrogen-bond donors (Lipinski definition) is 2. The zero-order valence-electron chi connectivity index (χ0n) is 19.7. The molecular formula is C28H29ClN4O2. The molecule has 2 aromatic heterocycles. The van der Waals surface area contributed by atoms with E-state index >= 15 is 0 Å². The molecule has 0 saturated carbocycles. The lowest BCUT2D eigenvalue weighted by molar-refractivity contribution is 0.0944. The molecular weight excluding hydrogens is 460 g/mol. The first-order valence-corrected chi connectivity index (χ1v) is 12.5. The second kappa shape index (κ2) is 10.0. The van der Waals surface area contributed by atoms with E-state index in [0.29, 0.717) is 35.3 Å². The van der Waals surface area contributed by atoms with Crippen LogP contribution in [-0.2, 0) is 13.0 Å². The number of nitrogens with one attached hydrogen (secondary N) is 1. The summed E-state index contributed by atoms with van der Waals surface area (Å²) in [6.45, 7) is 4.43. The third-order valence-corrected chi connectivity index (χ3v) is 7.04. The fraction of sp³-hybridized carbons (Fsp3) is 0.286. The number of piperidine rings is 1. The number of halogens is 1. The molecule has 0 aliphatic carbocycles. The number of amides is 1. The number of aromatic hydroxyl groups is 1. The van der Waals surface area contributed by atoms with Crippen molar-refractivity contribution in [1.29, 1.82) is 0 Å². The second-order valence-corrected chi connectivity index (χ2v) is 9.47. The zero-order chi connectivity index (χ0) is 24.4. The minimum Gasteiger partial charge on any atom is -0.508 e. The van der Waals surface area contributed by atoms with Crippen LogP contribution in [0, 0.1) is 0 Å². The molecule has 0 bridgehead atoms. The van der Waals surface area contributed by atoms with E-state index in [1.165, 1.54) is 11.3 Å². The van der Waals surface area contributed by atoms with Crippen molar-refractivity contribution in [2.45, 2.75) is 38.6 Å². The molecule has 0 unspecified atom stereocenters. The topological polar surface area (TPSA) is 69.9 Å². The Labute approximate surface area is 210 Å². The molecule has 180 valence electrons. The van der Waals surface area contributed by atoms with Gasteiger partial charge in [-0.15, -0.1) is 0 Å². The Morgan fingerprint density at radius 1 is 1.06 bits per heavy atom. The predicted molar refractivity (Wildman–Crippen MR) is 139 cm³/mol. The van der Waals surface area contributed by atoms with E-state index in [-0.39, 0.29) is 5.91 Å². The van der Waals surface area contributed by atoms with E-state index in [4.69, 9.17) is 11.6 Å². The normalized spacial score (nSPS) is 14.4. The number of rotatable bonds is 6. The summed E-state index contributed by atoms with van der Waals surface area (Å²) in [4.78, 5) is 20.0. The number of aromatic nitrogens is 2. The lowest BCUT2D eigenvalue weighted by Crippen LogP contribution is -2.32. The largest absolute Gasteiger partial charge is 0.508 e. The van der Waals surface area contributed by atoms with E-state index < -0.39 is 0 Å². The summed E-state index contributed by atoms with van der Waals surface area (Å²) in [6, 6.07) is 19.6. The molecule has 6 nitrogen and oxygen atoms in total. The number of carbonyl (C=O) groups is 1. The molecule has 2 N–H and O–H groups in total. The van der Waals surface area contributed by atoms with Gasteiger partial charge < -0.3 is 15.3 Å². The number of imidazole rings is 1. The zero-order valence-corrected chi connectivity index (χ0v) is 20.5. The van der Waals surface area contributed by atoms with Crippen LogP contribution in [0.15, 0.2) is 66.9 Å². The van der Waals surface area contributed by atoms with Gasteiger partial charge in [0.1, 0.15) is 17.1 Å². The number of aryl methyl sites for hydroxylation is 1. The van der Waals surface area contributed by atoms with Crippen LogP contribution in [-0.4, -0.2) is 33.5 Å². The van der Waals surface area contributed by atoms with Gasteiger partial charge in [0.25, 0.3) is 5.91 Å². The molecule has 1 aliphatic rings. The van der Waals surface area contributed by atoms with E-state index in [0.717, 1.165) is 42.8 Å². The Morgan fingerprint density at radius 3 is 2.46 bits per heavy atom. The first kappa shape index (κ1) is 23.2. The number of pyridine rings is 1. The van der Waals surface area contributed by atoms with Gasteiger partial charge in [-0.1, -0.05) is 42.8 Å². The van der Waals surface area contributed by atoms with Gasteiger partial charge in [-0.3, -0.25) is 9.20 Å². The van der Waals surface area contributed by atoms with Crippen molar-refractivity contribution in [3.63, 3.8) is 0 Å². The lowest BCUT2D eigenvalue weighted by Gasteiger charge is -2.34. The molecule has 1 aliphatic heterocycles. The number of fused-ring (bicyclic) bond motifs is 1. The van der Waals surface area contributed by atoms with Gasteiger partial charge in [0.2, 0.25) is 0 Å². The van der Waals surface area contributed by atoms with Gasteiger partial charge in [0, 0.05) is 31.5 Å². The van der Waals surface area contributed by atoms with Crippen molar-refractivity contribution in [2.24, 2.45) is 0 Å². The number of phenolic OH excluding ortho intramolecular Hbond substituents is 1. The first-order valence-electron chi connectivity index (χ1n) is 12.1. The molecule has 1 fully saturated rings. The standard InChI is InChI=1S/C28H29ClN4O2/c1-2-25-27(33-18-22(29)7-12-26(33)31-25)28(35)30-17-19-3-8-23(9-4-19)32-15-13-21(14-16-32)20-5-10-24(34)11-6-20/h3-12,18,21,34H,2,13-17H2,1H3,(H,30,35). The van der Waals surface area contributed by atoms with Gasteiger partial charge in [-0.2, -0.15) is 0 Å². The fourth-order valence-electron chi connectivity index (χ4n) is 4.86. The summed E-state index contributed by atoms with van der Waals surface area (Å²) in [5.74, 6) is 0.692. The molecule has 0 atom stereocenters. The summed E-state index contributed by atoms with van der Waals surface area (Å²) in [5, 5.41) is 13.1. The third-order valence-electron chi connectivity index (χ3n) is 6.82. The van der Waals surface area contributed by atoms with Crippen LogP contribution < -0.4 is 10.2 Å². The van der Waals surface area contributed by atoms with E-state index in [2.05, 4.69) is 39.5 Å². The van der Waals surface area contributed by atoms with Gasteiger partial charge in [-0.25, -0.2) is 4.98 Å². The number of nitrogens with zero attached hydrogens (tertiary/aromatic N) is 3. The van der Waals surface area contributed by atoms with Crippen molar-refractivity contribution >= 4 is 28.8 Å². The maximum absolute atomic E-state index is 13.0. The smallest absolute Gasteiger partial charge is 0.270 e. The van der Waals surface area contributed by atoms with E-state index in [1.807, 2.05) is 25.1 Å². The maximum atomic E-state index is 13.0. The van der Waals surface area contributed by atoms with Crippen LogP contribution in [0.4, 0.5) is 5.69 Å². The third kappa shape index (κ3) is 4.98. The monoisotopic (exact) mass is 488 g/mol. The number of anilines is 1. The average Bonchev–Trinajstić information content (AvgIpc) is 3.26. The molecule has 4 aromatic rings. The summed E-state index contributed by atoms with van der Waals surface area (Å²) < 4.78 is 1.77. The minimum absolute atomic E-state index is 0.156. The molecule has 35 heavy (non-hydrogen) atoms. The van der Waals surface area contributed by atoms with Crippen molar-refractivity contribution < 1.29 is 9.90 Å². The van der Waals surface area contributed by atoms with Crippen molar-refractivity contribution in [2.75, 3.05) is 18.0 Å². The quantitative estimate of drug-likeness (QED) is 0.372. The Balaban J connectivity index is 1.20. The molecule has 3 heterocycles. The van der Waals surface area contributed by atoms with Gasteiger partial charge in [0.05, 0.1) is 10.7 Å². The maximum Gasteiger partial charge on any atom is 0.270 e. The molecule has 7 heteroatoms. The fourth-order valence-corrected chi connectivity index (χ4v) is 5.02. The van der Waals surface area contributed by atoms with Crippen molar-refractivity contribution in [3.05, 3.63) is 94.4 Å². The average molecular weight is 489 g/mol. The molecule has 0 spiro atoms. The molecule has 1 saturated heterocycles. The second-order valence-electron chi connectivity index (χ2n) is 9.04. The Kier molecular flexibility index (Phi) is 6.64. The van der Waals surface area contributed by atoms with Crippen LogP contribution in [0.2, 0.25) is 5.02 Å². The summed E-state index contributed by atoms with van der Waals surface area (Å²) >= 11 is 6.15. The summed E-state index contributed by atoms with van der Waals surface area (Å²) in [6.07, 6.45) is 4.58. The van der Waals surface area contributed by atoms with Gasteiger partial charge >= 0.3 is 0 Å². The van der Waals surface area contributed by atoms with Crippen LogP contribution in [0.5, 0.6) is 5.75 Å². The van der Waals surface area contributed by atoms with Gasteiger partial charge in [-0.05, 0) is 72.7 Å². The first-order chi connectivity index (χ1) is 17.0. The Morgan fingerprint density at radius 2 is 1.77 bits per heavy atom. The highest BCUT2D eigenvalue weighted by Crippen LogP contribution is 2.31. The number of hydrogen-bond acceptors (Lipinski definition) is 4. The summed E-state index contributed by atoms with van der Waals surface area (Å²) in [7, 11) is 0. The highest BCUT2D eigenvalue weighted by Gasteiger charge is 2.21. The molecule has 1 amide bonds.